The van der Waals surface area contributed by atoms with Gasteiger partial charge in [-0.3, -0.25) is 9.36 Å². The van der Waals surface area contributed by atoms with Gasteiger partial charge in [-0.25, -0.2) is 4.79 Å². The molecule has 0 amide bonds. The zero-order chi connectivity index (χ0) is 16.3. The van der Waals surface area contributed by atoms with Crippen LogP contribution in [0.5, 0.6) is 5.75 Å². The van der Waals surface area contributed by atoms with E-state index in [1.54, 1.807) is 12.1 Å². The van der Waals surface area contributed by atoms with E-state index < -0.39 is 17.1 Å². The molecule has 0 fully saturated rings. The molecule has 1 aromatic carbocycles. The summed E-state index contributed by atoms with van der Waals surface area (Å²) < 4.78 is 6.72. The highest BCUT2D eigenvalue weighted by molar-refractivity contribution is 5.75. The van der Waals surface area contributed by atoms with Crippen molar-refractivity contribution in [2.45, 2.75) is 32.9 Å². The van der Waals surface area contributed by atoms with Gasteiger partial charge in [0.2, 0.25) is 0 Å². The van der Waals surface area contributed by atoms with E-state index in [9.17, 15) is 14.7 Å². The summed E-state index contributed by atoms with van der Waals surface area (Å²) in [6.45, 7) is 5.20. The number of rotatable bonds is 5. The molecule has 0 atom stereocenters. The Bertz CT molecular complexity index is 729. The first-order valence-corrected chi connectivity index (χ1v) is 6.96. The fourth-order valence-electron chi connectivity index (χ4n) is 1.97. The van der Waals surface area contributed by atoms with Gasteiger partial charge in [-0.1, -0.05) is 29.8 Å². The van der Waals surface area contributed by atoms with Crippen LogP contribution < -0.4 is 10.3 Å². The highest BCUT2D eigenvalue weighted by atomic mass is 16.5. The predicted octanol–water partition coefficient (Wildman–Crippen LogP) is 2.56. The van der Waals surface area contributed by atoms with E-state index in [1.807, 2.05) is 31.2 Å². The molecule has 116 valence electrons. The number of aromatic nitrogens is 1. The summed E-state index contributed by atoms with van der Waals surface area (Å²) in [5, 5.41) is 9.24. The molecule has 5 nitrogen and oxygen atoms in total. The molecule has 0 saturated heterocycles. The average Bonchev–Trinajstić information content (AvgIpc) is 2.47. The Morgan fingerprint density at radius 1 is 1.23 bits per heavy atom. The van der Waals surface area contributed by atoms with E-state index in [4.69, 9.17) is 4.74 Å². The van der Waals surface area contributed by atoms with Crippen molar-refractivity contribution in [1.29, 1.82) is 0 Å². The third kappa shape index (κ3) is 3.19. The molecular weight excluding hydrogens is 282 g/mol. The Kier molecular flexibility index (Phi) is 4.35. The zero-order valence-corrected chi connectivity index (χ0v) is 12.9. The van der Waals surface area contributed by atoms with Crippen molar-refractivity contribution >= 4 is 5.97 Å². The third-order valence-corrected chi connectivity index (χ3v) is 3.55. The number of benzene rings is 1. The third-order valence-electron chi connectivity index (χ3n) is 3.55. The first kappa shape index (κ1) is 15.8. The number of aliphatic carboxylic acids is 1. The van der Waals surface area contributed by atoms with E-state index in [1.165, 1.54) is 24.6 Å². The smallest absolute Gasteiger partial charge is 0.329 e. The van der Waals surface area contributed by atoms with Crippen LogP contribution in [0.2, 0.25) is 0 Å². The lowest BCUT2D eigenvalue weighted by Crippen LogP contribution is -2.42. The number of carboxylic acids is 1. The maximum absolute atomic E-state index is 12.4. The standard InChI is InChI=1S/C17H19NO4/c1-12-6-8-13(9-7-12)11-22-14-5-4-10-18(15(14)19)17(2,3)16(20)21/h4-10H,11H2,1-3H3,(H,20,21). The molecule has 1 aromatic heterocycles. The molecule has 0 aliphatic heterocycles. The molecule has 2 rings (SSSR count). The normalized spacial score (nSPS) is 11.2. The highest BCUT2D eigenvalue weighted by Crippen LogP contribution is 2.15. The van der Waals surface area contributed by atoms with Crippen molar-refractivity contribution in [3.63, 3.8) is 0 Å². The van der Waals surface area contributed by atoms with Gasteiger partial charge in [-0.2, -0.15) is 0 Å². The minimum absolute atomic E-state index is 0.136. The lowest BCUT2D eigenvalue weighted by atomic mass is 10.1. The monoisotopic (exact) mass is 301 g/mol. The van der Waals surface area contributed by atoms with Crippen molar-refractivity contribution in [3.05, 3.63) is 64.1 Å². The van der Waals surface area contributed by atoms with Gasteiger partial charge < -0.3 is 9.84 Å². The van der Waals surface area contributed by atoms with Gasteiger partial charge in [-0.15, -0.1) is 0 Å². The Morgan fingerprint density at radius 3 is 2.45 bits per heavy atom. The van der Waals surface area contributed by atoms with Crippen LogP contribution in [0.25, 0.3) is 0 Å². The molecule has 1 N–H and O–H groups in total. The van der Waals surface area contributed by atoms with Crippen LogP contribution >= 0.6 is 0 Å². The summed E-state index contributed by atoms with van der Waals surface area (Å²) in [6, 6.07) is 10.9. The second kappa shape index (κ2) is 6.05. The van der Waals surface area contributed by atoms with E-state index in [0.29, 0.717) is 0 Å². The number of pyridine rings is 1. The molecule has 2 aromatic rings. The molecule has 0 radical (unpaired) electrons. The number of nitrogens with zero attached hydrogens (tertiary/aromatic N) is 1. The number of carboxylic acid groups (broad SMARTS) is 1. The van der Waals surface area contributed by atoms with Gasteiger partial charge >= 0.3 is 5.97 Å². The lowest BCUT2D eigenvalue weighted by Gasteiger charge is -2.22. The minimum atomic E-state index is -1.33. The van der Waals surface area contributed by atoms with Crippen molar-refractivity contribution in [2.24, 2.45) is 0 Å². The van der Waals surface area contributed by atoms with Gasteiger partial charge in [0.05, 0.1) is 0 Å². The van der Waals surface area contributed by atoms with Crippen LogP contribution in [0.1, 0.15) is 25.0 Å². The van der Waals surface area contributed by atoms with E-state index in [0.717, 1.165) is 11.1 Å². The number of aryl methyl sites for hydroxylation is 1. The second-order valence-corrected chi connectivity index (χ2v) is 5.69. The van der Waals surface area contributed by atoms with Crippen LogP contribution in [0.15, 0.2) is 47.4 Å². The van der Waals surface area contributed by atoms with Crippen molar-refractivity contribution in [1.82, 2.24) is 4.57 Å². The first-order chi connectivity index (χ1) is 10.3. The summed E-state index contributed by atoms with van der Waals surface area (Å²) in [5.41, 5.74) is 0.300. The Morgan fingerprint density at radius 2 is 1.86 bits per heavy atom. The molecular formula is C17H19NO4. The zero-order valence-electron chi connectivity index (χ0n) is 12.9. The maximum Gasteiger partial charge on any atom is 0.329 e. The van der Waals surface area contributed by atoms with Crippen LogP contribution in [0, 0.1) is 6.92 Å². The highest BCUT2D eigenvalue weighted by Gasteiger charge is 2.30. The SMILES string of the molecule is Cc1ccc(COc2cccn(C(C)(C)C(=O)O)c2=O)cc1. The molecule has 0 bridgehead atoms. The van der Waals surface area contributed by atoms with Gasteiger partial charge in [-0.05, 0) is 38.5 Å². The van der Waals surface area contributed by atoms with E-state index in [2.05, 4.69) is 0 Å². The second-order valence-electron chi connectivity index (χ2n) is 5.69. The molecule has 0 unspecified atom stereocenters. The number of hydrogen-bond acceptors (Lipinski definition) is 3. The summed E-state index contributed by atoms with van der Waals surface area (Å²) in [5.74, 6) is -0.942. The lowest BCUT2D eigenvalue weighted by molar-refractivity contribution is -0.145. The van der Waals surface area contributed by atoms with Crippen LogP contribution in [0.4, 0.5) is 0 Å². The predicted molar refractivity (Wildman–Crippen MR) is 83.2 cm³/mol. The number of ether oxygens (including phenoxy) is 1. The van der Waals surface area contributed by atoms with Crippen LogP contribution in [-0.4, -0.2) is 15.6 Å². The Hall–Kier alpha value is -2.56. The van der Waals surface area contributed by atoms with Gasteiger partial charge in [0.1, 0.15) is 12.1 Å². The Labute approximate surface area is 128 Å². The van der Waals surface area contributed by atoms with Crippen molar-refractivity contribution in [3.8, 4) is 5.75 Å². The molecule has 0 aliphatic carbocycles. The van der Waals surface area contributed by atoms with Gasteiger partial charge in [0.15, 0.2) is 5.75 Å². The summed E-state index contributed by atoms with van der Waals surface area (Å²) in [6.07, 6.45) is 1.45. The minimum Gasteiger partial charge on any atom is -0.483 e. The van der Waals surface area contributed by atoms with Gasteiger partial charge in [0.25, 0.3) is 5.56 Å². The summed E-state index contributed by atoms with van der Waals surface area (Å²) in [7, 11) is 0. The molecule has 5 heteroatoms. The number of carbonyl (C=O) groups is 1. The van der Waals surface area contributed by atoms with Gasteiger partial charge in [0, 0.05) is 6.20 Å². The summed E-state index contributed by atoms with van der Waals surface area (Å²) >= 11 is 0. The molecule has 1 heterocycles. The largest absolute Gasteiger partial charge is 0.483 e. The number of hydrogen-bond donors (Lipinski definition) is 1. The fraction of sp³-hybridized carbons (Fsp3) is 0.294. The summed E-state index contributed by atoms with van der Waals surface area (Å²) in [4.78, 5) is 23.7. The average molecular weight is 301 g/mol. The Balaban J connectivity index is 2.24. The molecule has 0 spiro atoms. The quantitative estimate of drug-likeness (QED) is 0.921. The maximum atomic E-state index is 12.4. The molecule has 0 aliphatic rings. The topological polar surface area (TPSA) is 68.5 Å². The van der Waals surface area contributed by atoms with Crippen molar-refractivity contribution < 1.29 is 14.6 Å². The van der Waals surface area contributed by atoms with Crippen molar-refractivity contribution in [2.75, 3.05) is 0 Å². The fourth-order valence-corrected chi connectivity index (χ4v) is 1.97. The molecule has 22 heavy (non-hydrogen) atoms. The first-order valence-electron chi connectivity index (χ1n) is 6.96. The van der Waals surface area contributed by atoms with Crippen LogP contribution in [-0.2, 0) is 16.9 Å². The van der Waals surface area contributed by atoms with Crippen LogP contribution in [0.3, 0.4) is 0 Å². The van der Waals surface area contributed by atoms with E-state index in [-0.39, 0.29) is 12.4 Å². The van der Waals surface area contributed by atoms with E-state index >= 15 is 0 Å². The molecule has 0 saturated carbocycles.